The van der Waals surface area contributed by atoms with Crippen molar-refractivity contribution < 1.29 is 4.79 Å². The molecule has 0 bridgehead atoms. The molecule has 0 aliphatic heterocycles. The average molecular weight is 344 g/mol. The highest BCUT2D eigenvalue weighted by molar-refractivity contribution is 6.35. The van der Waals surface area contributed by atoms with Crippen molar-refractivity contribution in [2.45, 2.75) is 0 Å². The van der Waals surface area contributed by atoms with Crippen molar-refractivity contribution in [3.63, 3.8) is 0 Å². The molecule has 0 atom stereocenters. The molecule has 6 heteroatoms. The number of nitrogens with zero attached hydrogens (tertiary/aromatic N) is 1. The van der Waals surface area contributed by atoms with E-state index >= 15 is 0 Å². The van der Waals surface area contributed by atoms with Gasteiger partial charge in [0.1, 0.15) is 0 Å². The number of carbonyl (C=O) groups is 1. The summed E-state index contributed by atoms with van der Waals surface area (Å²) in [7, 11) is 0. The maximum Gasteiger partial charge on any atom is 0.258 e. The molecule has 0 unspecified atom stereocenters. The largest absolute Gasteiger partial charge is 0.329 e. The Labute approximate surface area is 138 Å². The molecule has 0 saturated heterocycles. The second kappa shape index (κ2) is 7.14. The van der Waals surface area contributed by atoms with E-state index in [-0.39, 0.29) is 5.91 Å². The van der Waals surface area contributed by atoms with E-state index in [0.29, 0.717) is 39.4 Å². The Balaban J connectivity index is 2.37. The Morgan fingerprint density at radius 3 is 2.05 bits per heavy atom. The van der Waals surface area contributed by atoms with Crippen molar-refractivity contribution in [3.05, 3.63) is 63.1 Å². The van der Waals surface area contributed by atoms with E-state index in [1.807, 2.05) is 0 Å². The molecule has 0 aliphatic rings. The number of hydrogen-bond acceptors (Lipinski definition) is 2. The summed E-state index contributed by atoms with van der Waals surface area (Å²) >= 11 is 17.8. The lowest BCUT2D eigenvalue weighted by Gasteiger charge is -2.22. The van der Waals surface area contributed by atoms with Gasteiger partial charge in [-0.3, -0.25) is 4.79 Å². The van der Waals surface area contributed by atoms with Crippen LogP contribution in [0.5, 0.6) is 0 Å². The second-order valence-electron chi connectivity index (χ2n) is 4.38. The van der Waals surface area contributed by atoms with Crippen LogP contribution < -0.4 is 10.6 Å². The fourth-order valence-electron chi connectivity index (χ4n) is 1.93. The van der Waals surface area contributed by atoms with Crippen LogP contribution >= 0.6 is 34.8 Å². The second-order valence-corrected chi connectivity index (χ2v) is 5.69. The van der Waals surface area contributed by atoms with E-state index in [1.54, 1.807) is 47.4 Å². The lowest BCUT2D eigenvalue weighted by atomic mass is 10.1. The van der Waals surface area contributed by atoms with Crippen LogP contribution in [0.3, 0.4) is 0 Å². The van der Waals surface area contributed by atoms with E-state index in [9.17, 15) is 4.79 Å². The standard InChI is InChI=1S/C15H13Cl3N2O/c16-11-1-3-14(4-2-11)20(6-5-19)15(21)10-7-12(17)9-13(18)8-10/h1-4,7-9H,5-6,19H2. The predicted octanol–water partition coefficient (Wildman–Crippen LogP) is 4.25. The third kappa shape index (κ3) is 4.11. The number of hydrogen-bond donors (Lipinski definition) is 1. The van der Waals surface area contributed by atoms with Crippen LogP contribution in [0.25, 0.3) is 0 Å². The normalized spacial score (nSPS) is 10.5. The van der Waals surface area contributed by atoms with Gasteiger partial charge in [0, 0.05) is 39.4 Å². The molecule has 1 amide bonds. The molecule has 2 rings (SSSR count). The number of nitrogens with two attached hydrogens (primary N) is 1. The van der Waals surface area contributed by atoms with Crippen LogP contribution in [0.4, 0.5) is 5.69 Å². The van der Waals surface area contributed by atoms with E-state index in [4.69, 9.17) is 40.5 Å². The molecule has 0 fully saturated rings. The lowest BCUT2D eigenvalue weighted by Crippen LogP contribution is -2.35. The molecule has 21 heavy (non-hydrogen) atoms. The summed E-state index contributed by atoms with van der Waals surface area (Å²) in [5.41, 5.74) is 6.73. The van der Waals surface area contributed by atoms with E-state index in [1.165, 1.54) is 0 Å². The number of benzene rings is 2. The Bertz CT molecular complexity index is 624. The smallest absolute Gasteiger partial charge is 0.258 e. The molecular weight excluding hydrogens is 331 g/mol. The van der Waals surface area contributed by atoms with Gasteiger partial charge in [-0.1, -0.05) is 34.8 Å². The summed E-state index contributed by atoms with van der Waals surface area (Å²) in [6.07, 6.45) is 0. The molecule has 3 nitrogen and oxygen atoms in total. The van der Waals surface area contributed by atoms with Crippen molar-refractivity contribution in [3.8, 4) is 0 Å². The maximum atomic E-state index is 12.6. The Hall–Kier alpha value is -1.26. The molecule has 2 aromatic rings. The fraction of sp³-hybridized carbons (Fsp3) is 0.133. The topological polar surface area (TPSA) is 46.3 Å². The molecule has 0 aromatic heterocycles. The molecule has 0 saturated carbocycles. The first-order valence-corrected chi connectivity index (χ1v) is 7.38. The quantitative estimate of drug-likeness (QED) is 0.902. The molecule has 0 heterocycles. The molecule has 0 aliphatic carbocycles. The maximum absolute atomic E-state index is 12.6. The summed E-state index contributed by atoms with van der Waals surface area (Å²) in [5, 5.41) is 1.43. The monoisotopic (exact) mass is 342 g/mol. The van der Waals surface area contributed by atoms with Crippen molar-refractivity contribution in [2.24, 2.45) is 5.73 Å². The first kappa shape index (κ1) is 16.1. The number of halogens is 3. The zero-order valence-corrected chi connectivity index (χ0v) is 13.3. The van der Waals surface area contributed by atoms with Gasteiger partial charge in [-0.2, -0.15) is 0 Å². The predicted molar refractivity (Wildman–Crippen MR) is 88.6 cm³/mol. The minimum atomic E-state index is -0.216. The van der Waals surface area contributed by atoms with Gasteiger partial charge in [0.25, 0.3) is 5.91 Å². The Kier molecular flexibility index (Phi) is 5.48. The first-order valence-electron chi connectivity index (χ1n) is 6.25. The summed E-state index contributed by atoms with van der Waals surface area (Å²) < 4.78 is 0. The summed E-state index contributed by atoms with van der Waals surface area (Å²) in [5.74, 6) is -0.216. The number of anilines is 1. The highest BCUT2D eigenvalue weighted by atomic mass is 35.5. The third-order valence-corrected chi connectivity index (χ3v) is 3.53. The van der Waals surface area contributed by atoms with Gasteiger partial charge in [-0.15, -0.1) is 0 Å². The summed E-state index contributed by atoms with van der Waals surface area (Å²) in [6.45, 7) is 0.716. The van der Waals surface area contributed by atoms with Crippen molar-refractivity contribution >= 4 is 46.4 Å². The van der Waals surface area contributed by atoms with Gasteiger partial charge < -0.3 is 10.6 Å². The Morgan fingerprint density at radius 1 is 0.952 bits per heavy atom. The van der Waals surface area contributed by atoms with E-state index in [2.05, 4.69) is 0 Å². The summed E-state index contributed by atoms with van der Waals surface area (Å²) in [4.78, 5) is 14.2. The van der Waals surface area contributed by atoms with Crippen molar-refractivity contribution in [1.29, 1.82) is 0 Å². The van der Waals surface area contributed by atoms with Gasteiger partial charge >= 0.3 is 0 Å². The minimum absolute atomic E-state index is 0.216. The minimum Gasteiger partial charge on any atom is -0.329 e. The zero-order valence-electron chi connectivity index (χ0n) is 11.0. The van der Waals surface area contributed by atoms with Gasteiger partial charge in [0.15, 0.2) is 0 Å². The lowest BCUT2D eigenvalue weighted by molar-refractivity contribution is 0.0987. The molecule has 0 spiro atoms. The average Bonchev–Trinajstić information content (AvgIpc) is 2.44. The van der Waals surface area contributed by atoms with Crippen LogP contribution in [-0.4, -0.2) is 19.0 Å². The van der Waals surface area contributed by atoms with Gasteiger partial charge in [0.2, 0.25) is 0 Å². The molecule has 0 radical (unpaired) electrons. The van der Waals surface area contributed by atoms with E-state index < -0.39 is 0 Å². The van der Waals surface area contributed by atoms with Crippen LogP contribution in [0, 0.1) is 0 Å². The van der Waals surface area contributed by atoms with Gasteiger partial charge in [-0.25, -0.2) is 0 Å². The van der Waals surface area contributed by atoms with Crippen LogP contribution in [0.1, 0.15) is 10.4 Å². The van der Waals surface area contributed by atoms with Gasteiger partial charge in [-0.05, 0) is 42.5 Å². The van der Waals surface area contributed by atoms with Crippen LogP contribution in [-0.2, 0) is 0 Å². The first-order chi connectivity index (χ1) is 10.0. The van der Waals surface area contributed by atoms with Crippen molar-refractivity contribution in [2.75, 3.05) is 18.0 Å². The SMILES string of the molecule is NCCN(C(=O)c1cc(Cl)cc(Cl)c1)c1ccc(Cl)cc1. The van der Waals surface area contributed by atoms with Crippen LogP contribution in [0.15, 0.2) is 42.5 Å². The van der Waals surface area contributed by atoms with E-state index in [0.717, 1.165) is 0 Å². The summed E-state index contributed by atoms with van der Waals surface area (Å²) in [6, 6.07) is 11.7. The molecule has 2 N–H and O–H groups in total. The third-order valence-electron chi connectivity index (χ3n) is 2.85. The fourth-order valence-corrected chi connectivity index (χ4v) is 2.58. The molecular formula is C15H13Cl3N2O. The zero-order chi connectivity index (χ0) is 15.4. The molecule has 110 valence electrons. The molecule has 2 aromatic carbocycles. The number of amides is 1. The highest BCUT2D eigenvalue weighted by Gasteiger charge is 2.18. The number of rotatable bonds is 4. The Morgan fingerprint density at radius 2 is 1.52 bits per heavy atom. The highest BCUT2D eigenvalue weighted by Crippen LogP contribution is 2.23. The van der Waals surface area contributed by atoms with Crippen molar-refractivity contribution in [1.82, 2.24) is 0 Å². The number of carbonyl (C=O) groups excluding carboxylic acids is 1. The van der Waals surface area contributed by atoms with Gasteiger partial charge in [0.05, 0.1) is 0 Å². The van der Waals surface area contributed by atoms with Crippen LogP contribution in [0.2, 0.25) is 15.1 Å².